The summed E-state index contributed by atoms with van der Waals surface area (Å²) >= 11 is 0. The molecule has 5 nitrogen and oxygen atoms in total. The van der Waals surface area contributed by atoms with Crippen molar-refractivity contribution in [1.82, 2.24) is 4.90 Å². The summed E-state index contributed by atoms with van der Waals surface area (Å²) in [6, 6.07) is 0. The molecule has 2 rings (SSSR count). The van der Waals surface area contributed by atoms with E-state index in [9.17, 15) is 9.59 Å². The number of carbonyl (C=O) groups is 2. The van der Waals surface area contributed by atoms with Crippen molar-refractivity contribution in [3.8, 4) is 0 Å². The van der Waals surface area contributed by atoms with Gasteiger partial charge in [-0.15, -0.1) is 0 Å². The Morgan fingerprint density at radius 3 is 2.67 bits per heavy atom. The van der Waals surface area contributed by atoms with E-state index in [1.165, 1.54) is 4.90 Å². The van der Waals surface area contributed by atoms with Gasteiger partial charge in [-0.2, -0.15) is 0 Å². The summed E-state index contributed by atoms with van der Waals surface area (Å²) in [5.74, 6) is -0.883. The zero-order chi connectivity index (χ0) is 10.9. The Morgan fingerprint density at radius 1 is 1.47 bits per heavy atom. The van der Waals surface area contributed by atoms with Crippen LogP contribution in [0.25, 0.3) is 0 Å². The molecule has 84 valence electrons. The molecule has 0 aromatic heterocycles. The van der Waals surface area contributed by atoms with Gasteiger partial charge >= 0.3 is 12.1 Å². The van der Waals surface area contributed by atoms with Gasteiger partial charge in [0.1, 0.15) is 5.60 Å². The number of ether oxygens (including phenoxy) is 1. The van der Waals surface area contributed by atoms with Crippen molar-refractivity contribution in [3.05, 3.63) is 0 Å². The monoisotopic (exact) mass is 213 g/mol. The minimum Gasteiger partial charge on any atom is -0.481 e. The van der Waals surface area contributed by atoms with Crippen LogP contribution < -0.4 is 0 Å². The van der Waals surface area contributed by atoms with Crippen LogP contribution in [-0.2, 0) is 9.53 Å². The van der Waals surface area contributed by atoms with Crippen molar-refractivity contribution in [1.29, 1.82) is 0 Å². The lowest BCUT2D eigenvalue weighted by Crippen LogP contribution is -2.53. The maximum atomic E-state index is 11.5. The van der Waals surface area contributed by atoms with Crippen molar-refractivity contribution in [3.63, 3.8) is 0 Å². The summed E-state index contributed by atoms with van der Waals surface area (Å²) in [4.78, 5) is 23.4. The Balaban J connectivity index is 1.84. The number of carboxylic acids is 1. The predicted molar refractivity (Wildman–Crippen MR) is 51.5 cm³/mol. The second-order valence-electron chi connectivity index (χ2n) is 4.29. The number of carbonyl (C=O) groups excluding carboxylic acids is 1. The molecule has 15 heavy (non-hydrogen) atoms. The molecule has 1 N–H and O–H groups in total. The second kappa shape index (κ2) is 3.72. The minimum absolute atomic E-state index is 0.0118. The number of hydrogen-bond donors (Lipinski definition) is 1. The van der Waals surface area contributed by atoms with E-state index in [1.807, 2.05) is 0 Å². The SMILES string of the molecule is O=C(O)CCN1CCC2(CCC2)OC1=O. The van der Waals surface area contributed by atoms with Gasteiger partial charge < -0.3 is 14.7 Å². The van der Waals surface area contributed by atoms with Crippen LogP contribution in [0, 0.1) is 0 Å². The van der Waals surface area contributed by atoms with Crippen LogP contribution in [0.5, 0.6) is 0 Å². The molecule has 1 aliphatic carbocycles. The number of hydrogen-bond acceptors (Lipinski definition) is 3. The highest BCUT2D eigenvalue weighted by atomic mass is 16.6. The molecule has 1 heterocycles. The van der Waals surface area contributed by atoms with Crippen LogP contribution >= 0.6 is 0 Å². The largest absolute Gasteiger partial charge is 0.481 e. The molecule has 5 heteroatoms. The van der Waals surface area contributed by atoms with E-state index in [4.69, 9.17) is 9.84 Å². The Kier molecular flexibility index (Phi) is 2.54. The number of amides is 1. The summed E-state index contributed by atoms with van der Waals surface area (Å²) in [6.07, 6.45) is 3.54. The van der Waals surface area contributed by atoms with Gasteiger partial charge in [-0.3, -0.25) is 4.79 Å². The van der Waals surface area contributed by atoms with Crippen LogP contribution in [0.1, 0.15) is 32.1 Å². The fraction of sp³-hybridized carbons (Fsp3) is 0.800. The molecule has 1 amide bonds. The Morgan fingerprint density at radius 2 is 2.20 bits per heavy atom. The highest BCUT2D eigenvalue weighted by Crippen LogP contribution is 2.41. The van der Waals surface area contributed by atoms with Gasteiger partial charge in [0.05, 0.1) is 6.42 Å². The zero-order valence-corrected chi connectivity index (χ0v) is 8.57. The molecule has 0 aromatic rings. The highest BCUT2D eigenvalue weighted by molar-refractivity contribution is 5.71. The number of aliphatic carboxylic acids is 1. The molecule has 1 spiro atoms. The fourth-order valence-corrected chi connectivity index (χ4v) is 2.09. The Bertz CT molecular complexity index is 285. The molecule has 0 bridgehead atoms. The summed E-state index contributed by atoms with van der Waals surface area (Å²) in [7, 11) is 0. The van der Waals surface area contributed by atoms with E-state index in [0.29, 0.717) is 6.54 Å². The topological polar surface area (TPSA) is 66.8 Å². The maximum Gasteiger partial charge on any atom is 0.410 e. The van der Waals surface area contributed by atoms with Crippen LogP contribution in [0.3, 0.4) is 0 Å². The van der Waals surface area contributed by atoms with Crippen molar-refractivity contribution in [2.45, 2.75) is 37.7 Å². The zero-order valence-electron chi connectivity index (χ0n) is 8.57. The van der Waals surface area contributed by atoms with Crippen molar-refractivity contribution in [2.75, 3.05) is 13.1 Å². The lowest BCUT2D eigenvalue weighted by molar-refractivity contribution is -0.137. The minimum atomic E-state index is -0.883. The third kappa shape index (κ3) is 2.06. The fourth-order valence-electron chi connectivity index (χ4n) is 2.09. The maximum absolute atomic E-state index is 11.5. The first-order chi connectivity index (χ1) is 7.11. The molecule has 0 aromatic carbocycles. The molecule has 2 fully saturated rings. The normalized spacial score (nSPS) is 23.5. The van der Waals surface area contributed by atoms with Crippen molar-refractivity contribution < 1.29 is 19.4 Å². The van der Waals surface area contributed by atoms with Gasteiger partial charge in [0.2, 0.25) is 0 Å². The predicted octanol–water partition coefficient (Wildman–Crippen LogP) is 1.23. The van der Waals surface area contributed by atoms with Gasteiger partial charge in [-0.25, -0.2) is 4.79 Å². The van der Waals surface area contributed by atoms with E-state index < -0.39 is 5.97 Å². The molecule has 1 aliphatic heterocycles. The first-order valence-electron chi connectivity index (χ1n) is 5.31. The van der Waals surface area contributed by atoms with E-state index in [2.05, 4.69) is 0 Å². The van der Waals surface area contributed by atoms with E-state index in [1.54, 1.807) is 0 Å². The molecule has 0 radical (unpaired) electrons. The molecule has 2 aliphatic rings. The first-order valence-corrected chi connectivity index (χ1v) is 5.31. The average Bonchev–Trinajstić information content (AvgIpc) is 2.13. The quantitative estimate of drug-likeness (QED) is 0.765. The van der Waals surface area contributed by atoms with Gasteiger partial charge in [0.15, 0.2) is 0 Å². The summed E-state index contributed by atoms with van der Waals surface area (Å²) in [5, 5.41) is 8.51. The van der Waals surface area contributed by atoms with E-state index in [-0.39, 0.29) is 24.7 Å². The van der Waals surface area contributed by atoms with Gasteiger partial charge in [0, 0.05) is 19.5 Å². The van der Waals surface area contributed by atoms with Gasteiger partial charge in [0.25, 0.3) is 0 Å². The lowest BCUT2D eigenvalue weighted by atomic mass is 9.77. The number of rotatable bonds is 3. The van der Waals surface area contributed by atoms with Crippen molar-refractivity contribution in [2.24, 2.45) is 0 Å². The van der Waals surface area contributed by atoms with E-state index >= 15 is 0 Å². The van der Waals surface area contributed by atoms with Crippen LogP contribution in [0.4, 0.5) is 4.79 Å². The van der Waals surface area contributed by atoms with Crippen molar-refractivity contribution >= 4 is 12.1 Å². The third-order valence-corrected chi connectivity index (χ3v) is 3.26. The third-order valence-electron chi connectivity index (χ3n) is 3.26. The second-order valence-corrected chi connectivity index (χ2v) is 4.29. The summed E-state index contributed by atoms with van der Waals surface area (Å²) < 4.78 is 5.35. The summed E-state index contributed by atoms with van der Waals surface area (Å²) in [5.41, 5.74) is -0.198. The molecule has 1 saturated carbocycles. The Labute approximate surface area is 88.0 Å². The lowest BCUT2D eigenvalue weighted by Gasteiger charge is -2.46. The Hall–Kier alpha value is -1.26. The van der Waals surface area contributed by atoms with Crippen LogP contribution in [-0.4, -0.2) is 40.8 Å². The first kappa shape index (κ1) is 10.3. The highest BCUT2D eigenvalue weighted by Gasteiger charge is 2.45. The molecule has 1 saturated heterocycles. The van der Waals surface area contributed by atoms with E-state index in [0.717, 1.165) is 25.7 Å². The molecule has 0 unspecified atom stereocenters. The average molecular weight is 213 g/mol. The smallest absolute Gasteiger partial charge is 0.410 e. The summed E-state index contributed by atoms with van der Waals surface area (Å²) in [6.45, 7) is 0.885. The number of carboxylic acid groups (broad SMARTS) is 1. The standard InChI is InChI=1S/C10H15NO4/c12-8(13)2-6-11-7-5-10(3-1-4-10)15-9(11)14/h1-7H2,(H,12,13). The molecular weight excluding hydrogens is 198 g/mol. The van der Waals surface area contributed by atoms with Crippen LogP contribution in [0.2, 0.25) is 0 Å². The molecule has 0 atom stereocenters. The molecular formula is C10H15NO4. The van der Waals surface area contributed by atoms with Crippen LogP contribution in [0.15, 0.2) is 0 Å². The van der Waals surface area contributed by atoms with Gasteiger partial charge in [-0.1, -0.05) is 0 Å². The number of nitrogens with zero attached hydrogens (tertiary/aromatic N) is 1. The van der Waals surface area contributed by atoms with Gasteiger partial charge in [-0.05, 0) is 19.3 Å².